The molecule has 1 N–H and O–H groups in total. The van der Waals surface area contributed by atoms with E-state index in [1.165, 1.54) is 6.92 Å². The fourth-order valence-electron chi connectivity index (χ4n) is 0.355. The van der Waals surface area contributed by atoms with Crippen molar-refractivity contribution < 1.29 is 9.53 Å². The third-order valence-corrected chi connectivity index (χ3v) is 0.705. The lowest BCUT2D eigenvalue weighted by Crippen LogP contribution is -2.27. The monoisotopic (exact) mass is 143 g/mol. The lowest BCUT2D eigenvalue weighted by Gasteiger charge is -2.18. The van der Waals surface area contributed by atoms with Crippen molar-refractivity contribution in [2.45, 2.75) is 33.3 Å². The molecule has 0 radical (unpaired) electrons. The summed E-state index contributed by atoms with van der Waals surface area (Å²) >= 11 is 0. The number of nitrogens with one attached hydrogen (secondary N) is 1. The van der Waals surface area contributed by atoms with Crippen LogP contribution in [0.25, 0.3) is 0 Å². The summed E-state index contributed by atoms with van der Waals surface area (Å²) in [5.74, 6) is -0.549. The average molecular weight is 143 g/mol. The first-order chi connectivity index (χ1) is 4.33. The second kappa shape index (κ2) is 2.82. The summed E-state index contributed by atoms with van der Waals surface area (Å²) in [4.78, 5) is 10.7. The molecule has 3 nitrogen and oxygen atoms in total. The molecule has 0 saturated heterocycles. The van der Waals surface area contributed by atoms with Gasteiger partial charge in [-0.1, -0.05) is 0 Å². The summed E-state index contributed by atoms with van der Waals surface area (Å²) in [7, 11) is 0. The molecule has 10 heavy (non-hydrogen) atoms. The minimum absolute atomic E-state index is 0.0603. The molecule has 0 aliphatic rings. The zero-order valence-electron chi connectivity index (χ0n) is 6.82. The zero-order chi connectivity index (χ0) is 8.36. The highest BCUT2D eigenvalue weighted by molar-refractivity contribution is 6.34. The summed E-state index contributed by atoms with van der Waals surface area (Å²) in [6, 6.07) is 0. The Labute approximate surface area is 60.9 Å². The predicted molar refractivity (Wildman–Crippen MR) is 39.2 cm³/mol. The summed E-state index contributed by atoms with van der Waals surface area (Å²) < 4.78 is 4.84. The molecule has 0 aromatic rings. The van der Waals surface area contributed by atoms with Crippen molar-refractivity contribution in [2.24, 2.45) is 0 Å². The average Bonchev–Trinajstić information content (AvgIpc) is 1.60. The van der Waals surface area contributed by atoms with Crippen molar-refractivity contribution in [3.63, 3.8) is 0 Å². The van der Waals surface area contributed by atoms with Gasteiger partial charge >= 0.3 is 5.97 Å². The van der Waals surface area contributed by atoms with Crippen molar-refractivity contribution >= 4 is 11.7 Å². The fourth-order valence-corrected chi connectivity index (χ4v) is 0.355. The van der Waals surface area contributed by atoms with Crippen molar-refractivity contribution in [1.82, 2.24) is 0 Å². The Kier molecular flexibility index (Phi) is 2.57. The molecule has 0 bridgehead atoms. The van der Waals surface area contributed by atoms with Gasteiger partial charge in [0.25, 0.3) is 0 Å². The number of hydrogen-bond acceptors (Lipinski definition) is 3. The Morgan fingerprint density at radius 3 is 1.90 bits per heavy atom. The van der Waals surface area contributed by atoms with Crippen LogP contribution >= 0.6 is 0 Å². The van der Waals surface area contributed by atoms with E-state index in [0.29, 0.717) is 0 Å². The lowest BCUT2D eigenvalue weighted by molar-refractivity contribution is -0.146. The number of carbonyl (C=O) groups excluding carboxylic acids is 1. The van der Waals surface area contributed by atoms with Crippen LogP contribution in [0.4, 0.5) is 0 Å². The Balaban J connectivity index is 3.93. The van der Waals surface area contributed by atoms with E-state index >= 15 is 0 Å². The lowest BCUT2D eigenvalue weighted by atomic mass is 10.2. The van der Waals surface area contributed by atoms with Crippen LogP contribution in [0.5, 0.6) is 0 Å². The number of hydrogen-bond donors (Lipinski definition) is 1. The summed E-state index contributed by atoms with van der Waals surface area (Å²) in [6.45, 7) is 6.73. The largest absolute Gasteiger partial charge is 0.456 e. The Hall–Kier alpha value is -0.860. The predicted octanol–water partition coefficient (Wildman–Crippen LogP) is 1.37. The summed E-state index contributed by atoms with van der Waals surface area (Å²) in [5.41, 5.74) is -0.547. The van der Waals surface area contributed by atoms with Crippen LogP contribution in [-0.2, 0) is 9.53 Å². The maximum absolute atomic E-state index is 10.7. The van der Waals surface area contributed by atoms with E-state index in [0.717, 1.165) is 0 Å². The summed E-state index contributed by atoms with van der Waals surface area (Å²) in [5, 5.41) is 6.91. The van der Waals surface area contributed by atoms with Crippen molar-refractivity contribution in [3.05, 3.63) is 0 Å². The summed E-state index contributed by atoms with van der Waals surface area (Å²) in [6.07, 6.45) is 0. The van der Waals surface area contributed by atoms with Gasteiger partial charge in [-0.2, -0.15) is 0 Å². The normalized spacial score (nSPS) is 10.8. The molecule has 3 heteroatoms. The number of ether oxygens (including phenoxy) is 1. The van der Waals surface area contributed by atoms with E-state index in [-0.39, 0.29) is 5.71 Å². The molecule has 58 valence electrons. The van der Waals surface area contributed by atoms with Gasteiger partial charge in [0, 0.05) is 0 Å². The second-order valence-electron chi connectivity index (χ2n) is 3.13. The SMILES string of the molecule is CC(=N)C(=O)OC(C)(C)C. The molecule has 0 rings (SSSR count). The quantitative estimate of drug-likeness (QED) is 0.445. The van der Waals surface area contributed by atoms with Crippen LogP contribution in [0.15, 0.2) is 0 Å². The maximum Gasteiger partial charge on any atom is 0.352 e. The van der Waals surface area contributed by atoms with Gasteiger partial charge in [0.2, 0.25) is 0 Å². The van der Waals surface area contributed by atoms with E-state index in [1.807, 2.05) is 0 Å². The van der Waals surface area contributed by atoms with Crippen molar-refractivity contribution in [2.75, 3.05) is 0 Å². The fraction of sp³-hybridized carbons (Fsp3) is 0.714. The van der Waals surface area contributed by atoms with Gasteiger partial charge in [0.1, 0.15) is 11.3 Å². The smallest absolute Gasteiger partial charge is 0.352 e. The van der Waals surface area contributed by atoms with Crippen LogP contribution in [0.3, 0.4) is 0 Å². The van der Waals surface area contributed by atoms with E-state index < -0.39 is 11.6 Å². The molecule has 0 amide bonds. The van der Waals surface area contributed by atoms with Gasteiger partial charge in [-0.25, -0.2) is 4.79 Å². The first-order valence-electron chi connectivity index (χ1n) is 3.11. The van der Waals surface area contributed by atoms with E-state index in [2.05, 4.69) is 0 Å². The van der Waals surface area contributed by atoms with Crippen LogP contribution in [0, 0.1) is 5.41 Å². The first-order valence-corrected chi connectivity index (χ1v) is 3.11. The minimum atomic E-state index is -0.549. The molecule has 0 aromatic carbocycles. The Morgan fingerprint density at radius 2 is 1.80 bits per heavy atom. The minimum Gasteiger partial charge on any atom is -0.456 e. The van der Waals surface area contributed by atoms with Crippen LogP contribution in [0.1, 0.15) is 27.7 Å². The standard InChI is InChI=1S/C7H13NO2/c1-5(8)6(9)10-7(2,3)4/h8H,1-4H3. The van der Waals surface area contributed by atoms with Gasteiger partial charge in [-0.05, 0) is 27.7 Å². The van der Waals surface area contributed by atoms with Crippen molar-refractivity contribution in [3.8, 4) is 0 Å². The van der Waals surface area contributed by atoms with Gasteiger partial charge in [-0.15, -0.1) is 0 Å². The van der Waals surface area contributed by atoms with Crippen LogP contribution in [0.2, 0.25) is 0 Å². The third kappa shape index (κ3) is 4.06. The van der Waals surface area contributed by atoms with E-state index in [9.17, 15) is 4.79 Å². The molecular formula is C7H13NO2. The van der Waals surface area contributed by atoms with Gasteiger partial charge in [-0.3, -0.25) is 5.41 Å². The highest BCUT2D eigenvalue weighted by Gasteiger charge is 2.16. The molecule has 0 spiro atoms. The Bertz CT molecular complexity index is 155. The van der Waals surface area contributed by atoms with Gasteiger partial charge in [0.05, 0.1) is 0 Å². The molecule has 0 aliphatic carbocycles. The Morgan fingerprint density at radius 1 is 1.40 bits per heavy atom. The molecular weight excluding hydrogens is 130 g/mol. The molecule has 0 unspecified atom stereocenters. The third-order valence-electron chi connectivity index (χ3n) is 0.705. The molecule has 0 saturated carbocycles. The van der Waals surface area contributed by atoms with Crippen molar-refractivity contribution in [1.29, 1.82) is 5.41 Å². The number of carbonyl (C=O) groups is 1. The topological polar surface area (TPSA) is 50.2 Å². The maximum atomic E-state index is 10.7. The second-order valence-corrected chi connectivity index (χ2v) is 3.13. The highest BCUT2D eigenvalue weighted by Crippen LogP contribution is 2.06. The highest BCUT2D eigenvalue weighted by atomic mass is 16.6. The zero-order valence-corrected chi connectivity index (χ0v) is 6.82. The van der Waals surface area contributed by atoms with Crippen LogP contribution < -0.4 is 0 Å². The first kappa shape index (κ1) is 9.14. The van der Waals surface area contributed by atoms with E-state index in [4.69, 9.17) is 10.1 Å². The van der Waals surface area contributed by atoms with Crippen LogP contribution in [-0.4, -0.2) is 17.3 Å². The molecule has 0 aromatic heterocycles. The molecule has 0 aliphatic heterocycles. The molecule has 0 atom stereocenters. The van der Waals surface area contributed by atoms with Gasteiger partial charge in [0.15, 0.2) is 0 Å². The molecule has 0 fully saturated rings. The number of rotatable bonds is 1. The van der Waals surface area contributed by atoms with Gasteiger partial charge < -0.3 is 4.74 Å². The number of esters is 1. The molecule has 0 heterocycles. The van der Waals surface area contributed by atoms with E-state index in [1.54, 1.807) is 20.8 Å².